The Kier molecular flexibility index (Phi) is 5.19. The van der Waals surface area contributed by atoms with E-state index in [9.17, 15) is 13.2 Å². The molecule has 0 bridgehead atoms. The fourth-order valence-corrected chi connectivity index (χ4v) is 3.77. The van der Waals surface area contributed by atoms with Gasteiger partial charge in [0.05, 0.1) is 24.6 Å². The molecule has 21 heavy (non-hydrogen) atoms. The lowest BCUT2D eigenvalue weighted by Gasteiger charge is -2.25. The van der Waals surface area contributed by atoms with E-state index in [0.29, 0.717) is 31.0 Å². The van der Waals surface area contributed by atoms with Gasteiger partial charge in [-0.25, -0.2) is 8.42 Å². The van der Waals surface area contributed by atoms with Crippen LogP contribution in [0.25, 0.3) is 0 Å². The summed E-state index contributed by atoms with van der Waals surface area (Å²) in [5.74, 6) is 0.345. The van der Waals surface area contributed by atoms with Crippen molar-refractivity contribution in [2.75, 3.05) is 30.8 Å². The van der Waals surface area contributed by atoms with E-state index in [1.165, 1.54) is 4.31 Å². The molecule has 1 heterocycles. The number of benzene rings is 1. The number of hydrogen-bond acceptors (Lipinski definition) is 4. The number of carbonyl (C=O) groups is 1. The van der Waals surface area contributed by atoms with Crippen LogP contribution in [0.3, 0.4) is 0 Å². The Labute approximate surface area is 125 Å². The van der Waals surface area contributed by atoms with Gasteiger partial charge in [-0.05, 0) is 31.9 Å². The first-order chi connectivity index (χ1) is 10.0. The van der Waals surface area contributed by atoms with Crippen molar-refractivity contribution in [3.05, 3.63) is 24.3 Å². The average molecular weight is 312 g/mol. The van der Waals surface area contributed by atoms with Crippen LogP contribution >= 0.6 is 0 Å². The number of para-hydroxylation sites is 2. The Hall–Kier alpha value is -1.60. The van der Waals surface area contributed by atoms with Crippen LogP contribution in [0.4, 0.5) is 5.69 Å². The summed E-state index contributed by atoms with van der Waals surface area (Å²) in [6.07, 6.45) is 1.45. The molecule has 0 unspecified atom stereocenters. The molecular weight excluding hydrogens is 292 g/mol. The van der Waals surface area contributed by atoms with E-state index in [-0.39, 0.29) is 18.2 Å². The lowest BCUT2D eigenvalue weighted by Crippen LogP contribution is -2.42. The maximum atomic E-state index is 12.1. The van der Waals surface area contributed by atoms with Gasteiger partial charge in [-0.2, -0.15) is 4.31 Å². The summed E-state index contributed by atoms with van der Waals surface area (Å²) in [6, 6.07) is 7.09. The molecule has 1 aromatic carbocycles. The summed E-state index contributed by atoms with van der Waals surface area (Å²) < 4.78 is 30.4. The molecule has 0 radical (unpaired) electrons. The van der Waals surface area contributed by atoms with Crippen LogP contribution < -0.4 is 10.1 Å². The molecule has 0 aliphatic carbocycles. The Bertz CT molecular complexity index is 601. The fraction of sp³-hybridized carbons (Fsp3) is 0.500. The minimum Gasteiger partial charge on any atom is -0.492 e. The number of carbonyl (C=O) groups excluding carboxylic acids is 1. The molecule has 1 aliphatic rings. The number of rotatable bonds is 5. The fourth-order valence-electron chi connectivity index (χ4n) is 2.22. The van der Waals surface area contributed by atoms with Gasteiger partial charge in [0.2, 0.25) is 15.9 Å². The van der Waals surface area contributed by atoms with Gasteiger partial charge in [0, 0.05) is 6.54 Å². The third-order valence-corrected chi connectivity index (χ3v) is 5.14. The second-order valence-electron chi connectivity index (χ2n) is 4.83. The lowest BCUT2D eigenvalue weighted by atomic mass is 10.3. The lowest BCUT2D eigenvalue weighted by molar-refractivity contribution is -0.116. The predicted molar refractivity (Wildman–Crippen MR) is 80.8 cm³/mol. The summed E-state index contributed by atoms with van der Waals surface area (Å²) in [5, 5.41) is 2.71. The number of ether oxygens (including phenoxy) is 1. The molecular formula is C14H20N2O4S. The molecule has 0 spiro atoms. The molecule has 1 fully saturated rings. The minimum absolute atomic E-state index is 0.121. The van der Waals surface area contributed by atoms with Crippen LogP contribution in [-0.4, -0.2) is 44.1 Å². The molecule has 1 saturated heterocycles. The molecule has 0 atom stereocenters. The average Bonchev–Trinajstić information content (AvgIpc) is 2.43. The standard InChI is InChI=1S/C14H20N2O4S/c1-2-20-13-8-4-3-7-12(13)15-14(17)11-16-9-5-6-10-21(16,18)19/h3-4,7-8H,2,5-6,9-11H2,1H3,(H,15,17). The van der Waals surface area contributed by atoms with Gasteiger partial charge in [0.15, 0.2) is 0 Å². The molecule has 1 N–H and O–H groups in total. The maximum absolute atomic E-state index is 12.1. The number of amides is 1. The Morgan fingerprint density at radius 3 is 2.81 bits per heavy atom. The van der Waals surface area contributed by atoms with Crippen molar-refractivity contribution >= 4 is 21.6 Å². The molecule has 0 aromatic heterocycles. The molecule has 6 nitrogen and oxygen atoms in total. The maximum Gasteiger partial charge on any atom is 0.239 e. The second kappa shape index (κ2) is 6.91. The summed E-state index contributed by atoms with van der Waals surface area (Å²) in [7, 11) is -3.29. The molecule has 1 aromatic rings. The third kappa shape index (κ3) is 4.18. The van der Waals surface area contributed by atoms with E-state index < -0.39 is 10.0 Å². The highest BCUT2D eigenvalue weighted by Crippen LogP contribution is 2.23. The number of hydrogen-bond donors (Lipinski definition) is 1. The Morgan fingerprint density at radius 1 is 1.33 bits per heavy atom. The largest absolute Gasteiger partial charge is 0.492 e. The molecule has 2 rings (SSSR count). The summed E-state index contributed by atoms with van der Waals surface area (Å²) >= 11 is 0. The zero-order valence-corrected chi connectivity index (χ0v) is 12.9. The van der Waals surface area contributed by atoms with E-state index >= 15 is 0 Å². The van der Waals surface area contributed by atoms with Crippen LogP contribution in [0.1, 0.15) is 19.8 Å². The van der Waals surface area contributed by atoms with Crippen LogP contribution in [0.5, 0.6) is 5.75 Å². The zero-order valence-electron chi connectivity index (χ0n) is 12.0. The van der Waals surface area contributed by atoms with Gasteiger partial charge in [0.25, 0.3) is 0 Å². The number of sulfonamides is 1. The van der Waals surface area contributed by atoms with Crippen molar-refractivity contribution in [3.63, 3.8) is 0 Å². The summed E-state index contributed by atoms with van der Waals surface area (Å²) in [4.78, 5) is 12.1. The van der Waals surface area contributed by atoms with Crippen LogP contribution in [0.15, 0.2) is 24.3 Å². The minimum atomic E-state index is -3.29. The van der Waals surface area contributed by atoms with Crippen molar-refractivity contribution in [1.29, 1.82) is 0 Å². The third-order valence-electron chi connectivity index (χ3n) is 3.23. The quantitative estimate of drug-likeness (QED) is 0.893. The first-order valence-corrected chi connectivity index (χ1v) is 8.63. The SMILES string of the molecule is CCOc1ccccc1NC(=O)CN1CCCCS1(=O)=O. The molecule has 1 aliphatic heterocycles. The van der Waals surface area contributed by atoms with Gasteiger partial charge < -0.3 is 10.1 Å². The predicted octanol–water partition coefficient (Wildman–Crippen LogP) is 1.45. The van der Waals surface area contributed by atoms with Crippen LogP contribution in [0.2, 0.25) is 0 Å². The first kappa shape index (κ1) is 15.8. The monoisotopic (exact) mass is 312 g/mol. The summed E-state index contributed by atoms with van der Waals surface area (Å²) in [5.41, 5.74) is 0.554. The smallest absolute Gasteiger partial charge is 0.239 e. The van der Waals surface area contributed by atoms with Crippen molar-refractivity contribution in [2.24, 2.45) is 0 Å². The van der Waals surface area contributed by atoms with Gasteiger partial charge in [0.1, 0.15) is 5.75 Å². The van der Waals surface area contributed by atoms with E-state index in [4.69, 9.17) is 4.74 Å². The second-order valence-corrected chi connectivity index (χ2v) is 6.92. The topological polar surface area (TPSA) is 75.7 Å². The first-order valence-electron chi connectivity index (χ1n) is 7.02. The molecule has 1 amide bonds. The van der Waals surface area contributed by atoms with Gasteiger partial charge in [-0.3, -0.25) is 4.79 Å². The molecule has 0 saturated carbocycles. The molecule has 116 valence electrons. The Balaban J connectivity index is 2.02. The van der Waals surface area contributed by atoms with Crippen molar-refractivity contribution in [3.8, 4) is 5.75 Å². The van der Waals surface area contributed by atoms with E-state index in [0.717, 1.165) is 6.42 Å². The number of nitrogens with zero attached hydrogens (tertiary/aromatic N) is 1. The highest BCUT2D eigenvalue weighted by Gasteiger charge is 2.27. The van der Waals surface area contributed by atoms with Crippen LogP contribution in [-0.2, 0) is 14.8 Å². The normalized spacial score (nSPS) is 18.1. The van der Waals surface area contributed by atoms with E-state index in [1.54, 1.807) is 18.2 Å². The highest BCUT2D eigenvalue weighted by atomic mass is 32.2. The van der Waals surface area contributed by atoms with Crippen LogP contribution in [0, 0.1) is 0 Å². The van der Waals surface area contributed by atoms with Crippen molar-refractivity contribution in [2.45, 2.75) is 19.8 Å². The van der Waals surface area contributed by atoms with Crippen molar-refractivity contribution in [1.82, 2.24) is 4.31 Å². The van der Waals surface area contributed by atoms with Crippen molar-refractivity contribution < 1.29 is 17.9 Å². The highest BCUT2D eigenvalue weighted by molar-refractivity contribution is 7.89. The zero-order chi connectivity index (χ0) is 15.3. The molecule has 7 heteroatoms. The van der Waals surface area contributed by atoms with Gasteiger partial charge in [-0.15, -0.1) is 0 Å². The van der Waals surface area contributed by atoms with E-state index in [1.807, 2.05) is 13.0 Å². The van der Waals surface area contributed by atoms with E-state index in [2.05, 4.69) is 5.32 Å². The number of nitrogens with one attached hydrogen (secondary N) is 1. The Morgan fingerprint density at radius 2 is 2.10 bits per heavy atom. The summed E-state index contributed by atoms with van der Waals surface area (Å²) in [6.45, 7) is 2.61. The van der Waals surface area contributed by atoms with Gasteiger partial charge in [-0.1, -0.05) is 12.1 Å². The number of anilines is 1. The van der Waals surface area contributed by atoms with Gasteiger partial charge >= 0.3 is 0 Å².